The maximum atomic E-state index is 10.7. The normalized spacial score (nSPS) is 12.4. The zero-order valence-corrected chi connectivity index (χ0v) is 8.45. The van der Waals surface area contributed by atoms with Crippen LogP contribution in [-0.2, 0) is 9.59 Å². The lowest BCUT2D eigenvalue weighted by Crippen LogP contribution is -2.38. The molecular formula is C9H18N2O3. The highest BCUT2D eigenvalue weighted by Crippen LogP contribution is 2.00. The number of primary amides is 1. The molecule has 0 saturated heterocycles. The van der Waals surface area contributed by atoms with Crippen molar-refractivity contribution in [3.05, 3.63) is 0 Å². The maximum absolute atomic E-state index is 10.7. The zero-order chi connectivity index (χ0) is 11.0. The van der Waals surface area contributed by atoms with Gasteiger partial charge in [0.2, 0.25) is 5.91 Å². The van der Waals surface area contributed by atoms with Crippen molar-refractivity contribution in [1.29, 1.82) is 0 Å². The van der Waals surface area contributed by atoms with Crippen LogP contribution < -0.4 is 11.1 Å². The number of carbonyl (C=O) groups is 2. The van der Waals surface area contributed by atoms with Gasteiger partial charge in [-0.2, -0.15) is 0 Å². The second kappa shape index (κ2) is 7.32. The molecule has 0 aromatic carbocycles. The highest BCUT2D eigenvalue weighted by Gasteiger charge is 2.15. The Hall–Kier alpha value is -1.10. The third-order valence-electron chi connectivity index (χ3n) is 1.91. The standard InChI is InChI=1S/C9H18N2O3/c1-2-3-4-7(9(13)14)11-6-5-8(10)12/h7,11H,2-6H2,1H3,(H2,10,12)(H,13,14). The molecule has 0 aliphatic carbocycles. The molecule has 0 saturated carbocycles. The number of nitrogens with two attached hydrogens (primary N) is 1. The number of unbranched alkanes of at least 4 members (excludes halogenated alkanes) is 1. The first kappa shape index (κ1) is 12.9. The van der Waals surface area contributed by atoms with Crippen LogP contribution in [0.3, 0.4) is 0 Å². The molecule has 1 amide bonds. The van der Waals surface area contributed by atoms with E-state index in [0.717, 1.165) is 12.8 Å². The quantitative estimate of drug-likeness (QED) is 0.520. The van der Waals surface area contributed by atoms with E-state index in [1.165, 1.54) is 0 Å². The molecule has 1 atom stereocenters. The van der Waals surface area contributed by atoms with Crippen LogP contribution in [0, 0.1) is 0 Å². The predicted octanol–water partition coefficient (Wildman–Crippen LogP) is 0.0948. The van der Waals surface area contributed by atoms with Gasteiger partial charge in [0.05, 0.1) is 0 Å². The Morgan fingerprint density at radius 2 is 2.14 bits per heavy atom. The highest BCUT2D eigenvalue weighted by atomic mass is 16.4. The smallest absolute Gasteiger partial charge is 0.320 e. The van der Waals surface area contributed by atoms with Crippen molar-refractivity contribution in [2.45, 2.75) is 38.6 Å². The van der Waals surface area contributed by atoms with Crippen LogP contribution in [0.1, 0.15) is 32.6 Å². The van der Waals surface area contributed by atoms with Crippen molar-refractivity contribution < 1.29 is 14.7 Å². The van der Waals surface area contributed by atoms with Crippen LogP contribution in [0.25, 0.3) is 0 Å². The molecule has 0 aromatic rings. The Balaban J connectivity index is 3.73. The summed E-state index contributed by atoms with van der Waals surface area (Å²) in [4.78, 5) is 21.1. The summed E-state index contributed by atoms with van der Waals surface area (Å²) in [6.07, 6.45) is 2.59. The number of aliphatic carboxylic acids is 1. The highest BCUT2D eigenvalue weighted by molar-refractivity contribution is 5.75. The minimum absolute atomic E-state index is 0.176. The van der Waals surface area contributed by atoms with Gasteiger partial charge >= 0.3 is 5.97 Å². The minimum Gasteiger partial charge on any atom is -0.480 e. The Labute approximate surface area is 83.7 Å². The van der Waals surface area contributed by atoms with Crippen LogP contribution in [0.4, 0.5) is 0 Å². The second-order valence-corrected chi connectivity index (χ2v) is 3.20. The third-order valence-corrected chi connectivity index (χ3v) is 1.91. The van der Waals surface area contributed by atoms with Crippen molar-refractivity contribution >= 4 is 11.9 Å². The fourth-order valence-corrected chi connectivity index (χ4v) is 1.09. The van der Waals surface area contributed by atoms with Gasteiger partial charge in [-0.3, -0.25) is 9.59 Å². The Morgan fingerprint density at radius 1 is 1.50 bits per heavy atom. The largest absolute Gasteiger partial charge is 0.480 e. The first-order valence-electron chi connectivity index (χ1n) is 4.82. The zero-order valence-electron chi connectivity index (χ0n) is 8.45. The summed E-state index contributed by atoms with van der Waals surface area (Å²) in [7, 11) is 0. The molecule has 0 aromatic heterocycles. The number of carboxylic acid groups (broad SMARTS) is 1. The van der Waals surface area contributed by atoms with E-state index < -0.39 is 17.9 Å². The van der Waals surface area contributed by atoms with Gasteiger partial charge in [0.1, 0.15) is 6.04 Å². The summed E-state index contributed by atoms with van der Waals surface area (Å²) >= 11 is 0. The lowest BCUT2D eigenvalue weighted by molar-refractivity contribution is -0.139. The fourth-order valence-electron chi connectivity index (χ4n) is 1.09. The van der Waals surface area contributed by atoms with Crippen LogP contribution in [-0.4, -0.2) is 29.6 Å². The van der Waals surface area contributed by atoms with Gasteiger partial charge < -0.3 is 16.2 Å². The van der Waals surface area contributed by atoms with Crippen molar-refractivity contribution in [2.75, 3.05) is 6.54 Å². The Bertz CT molecular complexity index is 194. The molecule has 0 fully saturated rings. The SMILES string of the molecule is CCCCC(NCCC(N)=O)C(=O)O. The molecule has 82 valence electrons. The minimum atomic E-state index is -0.872. The predicted molar refractivity (Wildman–Crippen MR) is 52.8 cm³/mol. The van der Waals surface area contributed by atoms with Crippen LogP contribution >= 0.6 is 0 Å². The van der Waals surface area contributed by atoms with Crippen molar-refractivity contribution in [3.63, 3.8) is 0 Å². The lowest BCUT2D eigenvalue weighted by atomic mass is 10.1. The van der Waals surface area contributed by atoms with E-state index >= 15 is 0 Å². The van der Waals surface area contributed by atoms with Crippen LogP contribution in [0.2, 0.25) is 0 Å². The molecule has 0 radical (unpaired) electrons. The van der Waals surface area contributed by atoms with E-state index in [1.54, 1.807) is 0 Å². The third kappa shape index (κ3) is 6.42. The van der Waals surface area contributed by atoms with Crippen LogP contribution in [0.15, 0.2) is 0 Å². The molecule has 0 spiro atoms. The average Bonchev–Trinajstić information content (AvgIpc) is 2.09. The van der Waals surface area contributed by atoms with E-state index in [1.807, 2.05) is 6.92 Å². The molecule has 0 heterocycles. The monoisotopic (exact) mass is 202 g/mol. The van der Waals surface area contributed by atoms with Gasteiger partial charge in [0.25, 0.3) is 0 Å². The van der Waals surface area contributed by atoms with E-state index in [2.05, 4.69) is 5.32 Å². The van der Waals surface area contributed by atoms with E-state index in [4.69, 9.17) is 10.8 Å². The van der Waals surface area contributed by atoms with Crippen molar-refractivity contribution in [1.82, 2.24) is 5.32 Å². The molecule has 1 unspecified atom stereocenters. The molecule has 5 nitrogen and oxygen atoms in total. The Kier molecular flexibility index (Phi) is 6.74. The summed E-state index contributed by atoms with van der Waals surface area (Å²) in [5.41, 5.74) is 4.93. The fraction of sp³-hybridized carbons (Fsp3) is 0.778. The molecule has 5 heteroatoms. The van der Waals surface area contributed by atoms with Crippen LogP contribution in [0.5, 0.6) is 0 Å². The topological polar surface area (TPSA) is 92.4 Å². The first-order valence-corrected chi connectivity index (χ1v) is 4.82. The lowest BCUT2D eigenvalue weighted by Gasteiger charge is -2.12. The number of rotatable bonds is 8. The number of hydrogen-bond donors (Lipinski definition) is 3. The first-order chi connectivity index (χ1) is 6.57. The average molecular weight is 202 g/mol. The van der Waals surface area contributed by atoms with Gasteiger partial charge in [0, 0.05) is 13.0 Å². The maximum Gasteiger partial charge on any atom is 0.320 e. The van der Waals surface area contributed by atoms with E-state index in [9.17, 15) is 9.59 Å². The molecule has 0 bridgehead atoms. The van der Waals surface area contributed by atoms with Crippen molar-refractivity contribution in [3.8, 4) is 0 Å². The van der Waals surface area contributed by atoms with Gasteiger partial charge in [-0.1, -0.05) is 19.8 Å². The number of carboxylic acids is 1. The summed E-state index contributed by atoms with van der Waals surface area (Å²) in [5.74, 6) is -1.29. The number of nitrogens with one attached hydrogen (secondary N) is 1. The van der Waals surface area contributed by atoms with Crippen molar-refractivity contribution in [2.24, 2.45) is 5.73 Å². The summed E-state index contributed by atoms with van der Waals surface area (Å²) in [5, 5.41) is 11.6. The number of carbonyl (C=O) groups excluding carboxylic acids is 1. The number of hydrogen-bond acceptors (Lipinski definition) is 3. The summed E-state index contributed by atoms with van der Waals surface area (Å²) in [6.45, 7) is 2.33. The second-order valence-electron chi connectivity index (χ2n) is 3.20. The van der Waals surface area contributed by atoms with E-state index in [0.29, 0.717) is 13.0 Å². The molecular weight excluding hydrogens is 184 g/mol. The molecule has 4 N–H and O–H groups in total. The van der Waals surface area contributed by atoms with Gasteiger partial charge in [0.15, 0.2) is 0 Å². The molecule has 14 heavy (non-hydrogen) atoms. The molecule has 0 aliphatic rings. The Morgan fingerprint density at radius 3 is 2.57 bits per heavy atom. The molecule has 0 aliphatic heterocycles. The number of amides is 1. The summed E-state index contributed by atoms with van der Waals surface area (Å²) < 4.78 is 0. The van der Waals surface area contributed by atoms with Gasteiger partial charge in [-0.25, -0.2) is 0 Å². The van der Waals surface area contributed by atoms with Gasteiger partial charge in [-0.15, -0.1) is 0 Å². The summed E-state index contributed by atoms with van der Waals surface area (Å²) in [6, 6.07) is -0.561. The van der Waals surface area contributed by atoms with E-state index in [-0.39, 0.29) is 6.42 Å². The van der Waals surface area contributed by atoms with Gasteiger partial charge in [-0.05, 0) is 6.42 Å². The molecule has 0 rings (SSSR count).